The highest BCUT2D eigenvalue weighted by molar-refractivity contribution is 9.10. The van der Waals surface area contributed by atoms with Gasteiger partial charge in [0, 0.05) is 29.3 Å². The molecular formula is C15H20BrN3. The van der Waals surface area contributed by atoms with Crippen LogP contribution in [0.4, 0.5) is 0 Å². The molecule has 0 fully saturated rings. The Kier molecular flexibility index (Phi) is 4.77. The molecule has 0 saturated carbocycles. The van der Waals surface area contributed by atoms with E-state index in [9.17, 15) is 0 Å². The van der Waals surface area contributed by atoms with Crippen LogP contribution in [0.5, 0.6) is 0 Å². The minimum atomic E-state index is 0.294. The summed E-state index contributed by atoms with van der Waals surface area (Å²) in [6.45, 7) is 2.15. The molecule has 1 unspecified atom stereocenters. The number of nitrogens with one attached hydrogen (secondary N) is 1. The molecule has 0 amide bonds. The number of likely N-dealkylation sites (N-methyl/N-ethyl adjacent to an activating group) is 1. The molecule has 1 atom stereocenters. The predicted molar refractivity (Wildman–Crippen MR) is 82.2 cm³/mol. The molecule has 0 aliphatic heterocycles. The second-order valence-electron chi connectivity index (χ2n) is 4.70. The molecule has 2 aromatic rings. The quantitative estimate of drug-likeness (QED) is 0.916. The molecule has 0 spiro atoms. The second-order valence-corrected chi connectivity index (χ2v) is 5.55. The van der Waals surface area contributed by atoms with Gasteiger partial charge in [-0.15, -0.1) is 0 Å². The Morgan fingerprint density at radius 2 is 2.11 bits per heavy atom. The van der Waals surface area contributed by atoms with Gasteiger partial charge in [-0.05, 0) is 31.5 Å². The summed E-state index contributed by atoms with van der Waals surface area (Å²) >= 11 is 3.62. The largest absolute Gasteiger partial charge is 0.313 e. The lowest BCUT2D eigenvalue weighted by atomic mass is 9.99. The highest BCUT2D eigenvalue weighted by Crippen LogP contribution is 2.25. The SMILES string of the molecule is CCc1nn(C)cc1C(Cc1ccccc1Br)NC. The van der Waals surface area contributed by atoms with Gasteiger partial charge >= 0.3 is 0 Å². The van der Waals surface area contributed by atoms with E-state index in [2.05, 4.69) is 57.7 Å². The Labute approximate surface area is 123 Å². The van der Waals surface area contributed by atoms with Crippen molar-refractivity contribution in [2.75, 3.05) is 7.05 Å². The van der Waals surface area contributed by atoms with E-state index < -0.39 is 0 Å². The van der Waals surface area contributed by atoms with Crippen molar-refractivity contribution in [2.45, 2.75) is 25.8 Å². The molecule has 0 aliphatic rings. The molecule has 19 heavy (non-hydrogen) atoms. The van der Waals surface area contributed by atoms with Gasteiger partial charge in [0.1, 0.15) is 0 Å². The van der Waals surface area contributed by atoms with Crippen LogP contribution in [0.25, 0.3) is 0 Å². The maximum Gasteiger partial charge on any atom is 0.0669 e. The lowest BCUT2D eigenvalue weighted by Crippen LogP contribution is -2.19. The first kappa shape index (κ1) is 14.3. The third-order valence-corrected chi connectivity index (χ3v) is 4.15. The summed E-state index contributed by atoms with van der Waals surface area (Å²) in [6.07, 6.45) is 4.04. The van der Waals surface area contributed by atoms with Gasteiger partial charge in [-0.25, -0.2) is 0 Å². The van der Waals surface area contributed by atoms with E-state index in [1.807, 2.05) is 24.8 Å². The van der Waals surface area contributed by atoms with E-state index in [0.717, 1.165) is 17.3 Å². The van der Waals surface area contributed by atoms with Crippen molar-refractivity contribution in [1.29, 1.82) is 0 Å². The zero-order chi connectivity index (χ0) is 13.8. The monoisotopic (exact) mass is 321 g/mol. The summed E-state index contributed by atoms with van der Waals surface area (Å²) < 4.78 is 3.07. The van der Waals surface area contributed by atoms with Crippen molar-refractivity contribution < 1.29 is 0 Å². The standard InChI is InChI=1S/C15H20BrN3/c1-4-14-12(10-19(3)18-14)15(17-2)9-11-7-5-6-8-13(11)16/h5-8,10,15,17H,4,9H2,1-3H3. The fraction of sp³-hybridized carbons (Fsp3) is 0.400. The van der Waals surface area contributed by atoms with E-state index in [1.165, 1.54) is 16.8 Å². The van der Waals surface area contributed by atoms with Crippen LogP contribution in [0.2, 0.25) is 0 Å². The van der Waals surface area contributed by atoms with E-state index in [1.54, 1.807) is 0 Å². The Balaban J connectivity index is 2.27. The minimum absolute atomic E-state index is 0.294. The maximum atomic E-state index is 4.53. The van der Waals surface area contributed by atoms with E-state index in [-0.39, 0.29) is 0 Å². The maximum absolute atomic E-state index is 4.53. The number of hydrogen-bond donors (Lipinski definition) is 1. The van der Waals surface area contributed by atoms with Crippen LogP contribution in [0, 0.1) is 0 Å². The van der Waals surface area contributed by atoms with Crippen LogP contribution in [0.15, 0.2) is 34.9 Å². The zero-order valence-electron chi connectivity index (χ0n) is 11.7. The zero-order valence-corrected chi connectivity index (χ0v) is 13.2. The number of aromatic nitrogens is 2. The first-order chi connectivity index (χ1) is 9.15. The molecule has 0 radical (unpaired) electrons. The van der Waals surface area contributed by atoms with Crippen molar-refractivity contribution in [1.82, 2.24) is 15.1 Å². The summed E-state index contributed by atoms with van der Waals surface area (Å²) in [5.74, 6) is 0. The molecule has 3 nitrogen and oxygen atoms in total. The van der Waals surface area contributed by atoms with Gasteiger partial charge in [-0.3, -0.25) is 4.68 Å². The topological polar surface area (TPSA) is 29.9 Å². The summed E-state index contributed by atoms with van der Waals surface area (Å²) in [4.78, 5) is 0. The van der Waals surface area contributed by atoms with Crippen LogP contribution in [0.3, 0.4) is 0 Å². The molecule has 1 aromatic heterocycles. The van der Waals surface area contributed by atoms with Crippen molar-refractivity contribution in [3.05, 3.63) is 51.8 Å². The molecule has 1 aromatic carbocycles. The Hall–Kier alpha value is -1.13. The Morgan fingerprint density at radius 1 is 1.37 bits per heavy atom. The molecule has 1 N–H and O–H groups in total. The van der Waals surface area contributed by atoms with Crippen molar-refractivity contribution in [3.63, 3.8) is 0 Å². The molecule has 0 saturated heterocycles. The van der Waals surface area contributed by atoms with Gasteiger partial charge in [0.25, 0.3) is 0 Å². The third kappa shape index (κ3) is 3.25. The van der Waals surface area contributed by atoms with Crippen molar-refractivity contribution >= 4 is 15.9 Å². The van der Waals surface area contributed by atoms with Gasteiger partial charge in [0.05, 0.1) is 5.69 Å². The Morgan fingerprint density at radius 3 is 2.74 bits per heavy atom. The van der Waals surface area contributed by atoms with E-state index >= 15 is 0 Å². The minimum Gasteiger partial charge on any atom is -0.313 e. The van der Waals surface area contributed by atoms with Crippen LogP contribution in [-0.2, 0) is 19.9 Å². The molecule has 4 heteroatoms. The Bertz CT molecular complexity index is 548. The summed E-state index contributed by atoms with van der Waals surface area (Å²) in [7, 11) is 3.99. The predicted octanol–water partition coefficient (Wildman–Crippen LogP) is 3.25. The summed E-state index contributed by atoms with van der Waals surface area (Å²) in [6, 6.07) is 8.67. The molecule has 0 bridgehead atoms. The lowest BCUT2D eigenvalue weighted by Gasteiger charge is -2.17. The highest BCUT2D eigenvalue weighted by atomic mass is 79.9. The van der Waals surface area contributed by atoms with Gasteiger partial charge < -0.3 is 5.32 Å². The van der Waals surface area contributed by atoms with Gasteiger partial charge in [0.15, 0.2) is 0 Å². The van der Waals surface area contributed by atoms with Crippen molar-refractivity contribution in [3.8, 4) is 0 Å². The molecule has 1 heterocycles. The average Bonchev–Trinajstić information content (AvgIpc) is 2.79. The van der Waals surface area contributed by atoms with Crippen LogP contribution in [0.1, 0.15) is 29.8 Å². The number of rotatable bonds is 5. The first-order valence-electron chi connectivity index (χ1n) is 6.58. The fourth-order valence-corrected chi connectivity index (χ4v) is 2.82. The second kappa shape index (κ2) is 6.35. The van der Waals surface area contributed by atoms with Crippen LogP contribution >= 0.6 is 15.9 Å². The van der Waals surface area contributed by atoms with Gasteiger partial charge in [0.2, 0.25) is 0 Å². The summed E-state index contributed by atoms with van der Waals surface area (Å²) in [5, 5.41) is 7.93. The molecule has 2 rings (SSSR count). The smallest absolute Gasteiger partial charge is 0.0669 e. The number of aryl methyl sites for hydroxylation is 2. The number of benzene rings is 1. The number of hydrogen-bond acceptors (Lipinski definition) is 2. The first-order valence-corrected chi connectivity index (χ1v) is 7.38. The van der Waals surface area contributed by atoms with Crippen LogP contribution < -0.4 is 5.32 Å². The normalized spacial score (nSPS) is 12.6. The molecular weight excluding hydrogens is 302 g/mol. The van der Waals surface area contributed by atoms with E-state index in [4.69, 9.17) is 0 Å². The van der Waals surface area contributed by atoms with E-state index in [0.29, 0.717) is 6.04 Å². The third-order valence-electron chi connectivity index (χ3n) is 3.38. The van der Waals surface area contributed by atoms with Gasteiger partial charge in [-0.2, -0.15) is 5.10 Å². The lowest BCUT2D eigenvalue weighted by molar-refractivity contribution is 0.585. The summed E-state index contributed by atoms with van der Waals surface area (Å²) in [5.41, 5.74) is 3.78. The van der Waals surface area contributed by atoms with Crippen LogP contribution in [-0.4, -0.2) is 16.8 Å². The fourth-order valence-electron chi connectivity index (χ4n) is 2.37. The van der Waals surface area contributed by atoms with Crippen molar-refractivity contribution in [2.24, 2.45) is 7.05 Å². The molecule has 102 valence electrons. The number of halogens is 1. The molecule has 0 aliphatic carbocycles. The van der Waals surface area contributed by atoms with Gasteiger partial charge in [-0.1, -0.05) is 41.1 Å². The average molecular weight is 322 g/mol. The highest BCUT2D eigenvalue weighted by Gasteiger charge is 2.17. The number of nitrogens with zero attached hydrogens (tertiary/aromatic N) is 2.